The van der Waals surface area contributed by atoms with Crippen molar-refractivity contribution >= 4 is 11.8 Å². The Bertz CT molecular complexity index is 426. The Morgan fingerprint density at radius 3 is 1.93 bits per heavy atom. The van der Waals surface area contributed by atoms with Crippen LogP contribution in [0.2, 0.25) is 0 Å². The number of aliphatic hydroxyl groups is 1. The van der Waals surface area contributed by atoms with Crippen LogP contribution in [0.1, 0.15) is 96.8 Å². The molecule has 5 nitrogen and oxygen atoms in total. The van der Waals surface area contributed by atoms with Crippen molar-refractivity contribution in [3.63, 3.8) is 0 Å². The van der Waals surface area contributed by atoms with E-state index in [0.717, 1.165) is 25.2 Å². The van der Waals surface area contributed by atoms with E-state index in [-0.39, 0.29) is 13.2 Å². The van der Waals surface area contributed by atoms with Crippen LogP contribution in [0.15, 0.2) is 4.99 Å². The molecule has 0 fully saturated rings. The van der Waals surface area contributed by atoms with Crippen molar-refractivity contribution in [2.75, 3.05) is 32.8 Å². The van der Waals surface area contributed by atoms with Crippen molar-refractivity contribution in [1.82, 2.24) is 0 Å². The van der Waals surface area contributed by atoms with Crippen LogP contribution in [0.25, 0.3) is 0 Å². The van der Waals surface area contributed by atoms with E-state index in [1.54, 1.807) is 0 Å². The first kappa shape index (κ1) is 24.1. The molecule has 0 aromatic rings. The van der Waals surface area contributed by atoms with Gasteiger partial charge in [0.2, 0.25) is 0 Å². The number of carbonyl (C=O) groups is 1. The second-order valence-electron chi connectivity index (χ2n) is 8.16. The van der Waals surface area contributed by atoms with Gasteiger partial charge in [0, 0.05) is 6.42 Å². The predicted octanol–water partition coefficient (Wildman–Crippen LogP) is 4.77. The molecule has 158 valence electrons. The number of aliphatic carboxylic acids is 1. The summed E-state index contributed by atoms with van der Waals surface area (Å²) in [6.07, 6.45) is 18.2. The second kappa shape index (κ2) is 15.0. The standard InChI is InChI=1S/C22H42N2O3/c1-2-3-4-5-6-7-8-9-10-11-12-13-14-15-21-23-16-17-24(21,18-19-25)20-22(26)27/h25H,2-20H2,1H3/p+1. The molecule has 0 aromatic heterocycles. The number of hydrogen-bond donors (Lipinski definition) is 2. The maximum absolute atomic E-state index is 11.2. The number of nitrogens with zero attached hydrogens (tertiary/aromatic N) is 2. The largest absolute Gasteiger partial charge is 0.477 e. The van der Waals surface area contributed by atoms with Gasteiger partial charge < -0.3 is 10.2 Å². The van der Waals surface area contributed by atoms with Crippen LogP contribution >= 0.6 is 0 Å². The van der Waals surface area contributed by atoms with Crippen LogP contribution in [0.3, 0.4) is 0 Å². The van der Waals surface area contributed by atoms with Crippen LogP contribution in [-0.2, 0) is 4.79 Å². The molecule has 1 rings (SSSR count). The van der Waals surface area contributed by atoms with E-state index in [1.807, 2.05) is 0 Å². The van der Waals surface area contributed by atoms with Gasteiger partial charge >= 0.3 is 5.97 Å². The highest BCUT2D eigenvalue weighted by atomic mass is 16.4. The van der Waals surface area contributed by atoms with Crippen LogP contribution in [-0.4, -0.2) is 59.3 Å². The molecule has 0 spiro atoms. The van der Waals surface area contributed by atoms with Gasteiger partial charge in [-0.05, 0) is 6.42 Å². The number of carboxylic acid groups (broad SMARTS) is 1. The van der Waals surface area contributed by atoms with Gasteiger partial charge in [-0.1, -0.05) is 84.0 Å². The van der Waals surface area contributed by atoms with E-state index in [4.69, 9.17) is 0 Å². The minimum atomic E-state index is -0.802. The minimum Gasteiger partial charge on any atom is -0.477 e. The second-order valence-corrected chi connectivity index (χ2v) is 8.16. The Hall–Kier alpha value is -0.940. The SMILES string of the molecule is CCCCCCCCCCCCCCCC1=NCC[N+]1(CCO)CC(=O)O. The molecule has 0 bridgehead atoms. The summed E-state index contributed by atoms with van der Waals surface area (Å²) < 4.78 is 0.365. The van der Waals surface area contributed by atoms with E-state index >= 15 is 0 Å². The maximum atomic E-state index is 11.2. The summed E-state index contributed by atoms with van der Waals surface area (Å²) in [7, 11) is 0. The zero-order chi connectivity index (χ0) is 19.8. The first-order chi connectivity index (χ1) is 13.1. The molecule has 1 aliphatic heterocycles. The average Bonchev–Trinajstić information content (AvgIpc) is 3.00. The number of unbranched alkanes of at least 4 members (excludes halogenated alkanes) is 12. The van der Waals surface area contributed by atoms with E-state index in [9.17, 15) is 15.0 Å². The van der Waals surface area contributed by atoms with Gasteiger partial charge in [-0.3, -0.25) is 4.48 Å². The highest BCUT2D eigenvalue weighted by Crippen LogP contribution is 2.20. The molecule has 1 heterocycles. The summed E-state index contributed by atoms with van der Waals surface area (Å²) >= 11 is 0. The van der Waals surface area contributed by atoms with Gasteiger partial charge in [0.15, 0.2) is 12.4 Å². The predicted molar refractivity (Wildman–Crippen MR) is 112 cm³/mol. The van der Waals surface area contributed by atoms with Crippen molar-refractivity contribution in [3.8, 4) is 0 Å². The lowest BCUT2D eigenvalue weighted by atomic mass is 10.0. The van der Waals surface area contributed by atoms with E-state index in [2.05, 4.69) is 11.9 Å². The summed E-state index contributed by atoms with van der Waals surface area (Å²) in [4.78, 5) is 15.8. The Balaban J connectivity index is 2.05. The van der Waals surface area contributed by atoms with Crippen LogP contribution in [0, 0.1) is 0 Å². The summed E-state index contributed by atoms with van der Waals surface area (Å²) in [5.74, 6) is 0.193. The number of carboxylic acids is 1. The number of aliphatic hydroxyl groups excluding tert-OH is 1. The third kappa shape index (κ3) is 10.2. The lowest BCUT2D eigenvalue weighted by Gasteiger charge is -2.32. The van der Waals surface area contributed by atoms with Crippen molar-refractivity contribution in [2.45, 2.75) is 96.8 Å². The molecular weight excluding hydrogens is 340 g/mol. The quantitative estimate of drug-likeness (QED) is 0.264. The van der Waals surface area contributed by atoms with Crippen molar-refractivity contribution < 1.29 is 19.5 Å². The van der Waals surface area contributed by atoms with E-state index < -0.39 is 5.97 Å². The highest BCUT2D eigenvalue weighted by Gasteiger charge is 2.39. The lowest BCUT2D eigenvalue weighted by Crippen LogP contribution is -2.55. The fourth-order valence-corrected chi connectivity index (χ4v) is 4.21. The molecule has 0 aliphatic carbocycles. The Labute approximate surface area is 166 Å². The zero-order valence-corrected chi connectivity index (χ0v) is 17.6. The number of quaternary nitrogens is 1. The molecule has 0 saturated carbocycles. The number of amidine groups is 1. The van der Waals surface area contributed by atoms with Gasteiger partial charge in [-0.15, -0.1) is 0 Å². The molecule has 5 heteroatoms. The van der Waals surface area contributed by atoms with Gasteiger partial charge in [0.1, 0.15) is 13.1 Å². The number of hydrogen-bond acceptors (Lipinski definition) is 3. The third-order valence-electron chi connectivity index (χ3n) is 5.84. The summed E-state index contributed by atoms with van der Waals surface area (Å²) in [6, 6.07) is 0. The van der Waals surface area contributed by atoms with E-state index in [0.29, 0.717) is 17.6 Å². The van der Waals surface area contributed by atoms with Crippen LogP contribution in [0.5, 0.6) is 0 Å². The van der Waals surface area contributed by atoms with Crippen LogP contribution in [0.4, 0.5) is 0 Å². The molecule has 27 heavy (non-hydrogen) atoms. The molecule has 0 radical (unpaired) electrons. The van der Waals surface area contributed by atoms with Crippen molar-refractivity contribution in [3.05, 3.63) is 0 Å². The topological polar surface area (TPSA) is 69.9 Å². The summed E-state index contributed by atoms with van der Waals surface area (Å²) in [5.41, 5.74) is 0. The third-order valence-corrected chi connectivity index (χ3v) is 5.84. The molecule has 0 aromatic carbocycles. The minimum absolute atomic E-state index is 0.0188. The molecule has 1 aliphatic rings. The average molecular weight is 384 g/mol. The summed E-state index contributed by atoms with van der Waals surface area (Å²) in [6.45, 7) is 4.23. The smallest absolute Gasteiger partial charge is 0.359 e. The Morgan fingerprint density at radius 2 is 1.44 bits per heavy atom. The molecule has 1 atom stereocenters. The van der Waals surface area contributed by atoms with Gasteiger partial charge in [0.05, 0.1) is 13.2 Å². The first-order valence-electron chi connectivity index (χ1n) is 11.4. The van der Waals surface area contributed by atoms with Crippen molar-refractivity contribution in [1.29, 1.82) is 0 Å². The zero-order valence-electron chi connectivity index (χ0n) is 17.6. The number of rotatable bonds is 18. The highest BCUT2D eigenvalue weighted by molar-refractivity contribution is 5.80. The molecule has 0 amide bonds. The monoisotopic (exact) mass is 383 g/mol. The molecule has 0 saturated heterocycles. The Kier molecular flexibility index (Phi) is 13.4. The normalized spacial score (nSPS) is 19.4. The molecular formula is C22H43N2O3+. The van der Waals surface area contributed by atoms with Crippen LogP contribution < -0.4 is 0 Å². The summed E-state index contributed by atoms with van der Waals surface area (Å²) in [5, 5.41) is 18.6. The Morgan fingerprint density at radius 1 is 0.926 bits per heavy atom. The maximum Gasteiger partial charge on any atom is 0.359 e. The first-order valence-corrected chi connectivity index (χ1v) is 11.4. The molecule has 1 unspecified atom stereocenters. The van der Waals surface area contributed by atoms with Gasteiger partial charge in [-0.2, -0.15) is 0 Å². The lowest BCUT2D eigenvalue weighted by molar-refractivity contribution is -0.829. The van der Waals surface area contributed by atoms with Gasteiger partial charge in [0.25, 0.3) is 0 Å². The molecule has 2 N–H and O–H groups in total. The fraction of sp³-hybridized carbons (Fsp3) is 0.909. The van der Waals surface area contributed by atoms with Gasteiger partial charge in [-0.25, -0.2) is 9.79 Å². The van der Waals surface area contributed by atoms with E-state index in [1.165, 1.54) is 77.0 Å². The number of aliphatic imine (C=N–C) groups is 1. The fourth-order valence-electron chi connectivity index (χ4n) is 4.21. The van der Waals surface area contributed by atoms with Crippen molar-refractivity contribution in [2.24, 2.45) is 4.99 Å².